The predicted molar refractivity (Wildman–Crippen MR) is 85.2 cm³/mol. The molecule has 1 N–H and O–H groups in total. The third kappa shape index (κ3) is 3.80. The molecule has 1 aliphatic carbocycles. The summed E-state index contributed by atoms with van der Waals surface area (Å²) < 4.78 is 5.66. The highest BCUT2D eigenvalue weighted by Crippen LogP contribution is 2.35. The molecule has 1 heterocycles. The Morgan fingerprint density at radius 2 is 2.14 bits per heavy atom. The van der Waals surface area contributed by atoms with Gasteiger partial charge >= 0.3 is 0 Å². The molecule has 2 atom stereocenters. The van der Waals surface area contributed by atoms with Crippen LogP contribution in [0.5, 0.6) is 0 Å². The highest BCUT2D eigenvalue weighted by molar-refractivity contribution is 5.24. The van der Waals surface area contributed by atoms with E-state index in [1.54, 1.807) is 7.11 Å². The molecule has 4 heteroatoms. The molecule has 0 saturated carbocycles. The summed E-state index contributed by atoms with van der Waals surface area (Å²) in [6.07, 6.45) is 6.64. The molecule has 2 unspecified atom stereocenters. The molecule has 0 aromatic carbocycles. The monoisotopic (exact) mass is 291 g/mol. The van der Waals surface area contributed by atoms with Crippen molar-refractivity contribution >= 4 is 0 Å². The van der Waals surface area contributed by atoms with Crippen molar-refractivity contribution in [2.75, 3.05) is 13.7 Å². The van der Waals surface area contributed by atoms with Crippen LogP contribution in [0.25, 0.3) is 0 Å². The van der Waals surface area contributed by atoms with Gasteiger partial charge in [-0.2, -0.15) is 0 Å². The molecule has 0 radical (unpaired) electrons. The van der Waals surface area contributed by atoms with Gasteiger partial charge in [-0.25, -0.2) is 9.97 Å². The number of hydrogen-bond acceptors (Lipinski definition) is 4. The van der Waals surface area contributed by atoms with E-state index in [2.05, 4.69) is 38.0 Å². The Hall–Kier alpha value is -1.00. The van der Waals surface area contributed by atoms with E-state index in [-0.39, 0.29) is 11.5 Å². The number of methoxy groups -OCH3 is 1. The number of nitrogens with one attached hydrogen (secondary N) is 1. The molecule has 0 spiro atoms. The molecule has 2 rings (SSSR count). The van der Waals surface area contributed by atoms with Gasteiger partial charge in [0, 0.05) is 30.6 Å². The zero-order valence-corrected chi connectivity index (χ0v) is 14.1. The van der Waals surface area contributed by atoms with Gasteiger partial charge in [0.1, 0.15) is 6.10 Å². The molecule has 1 aliphatic rings. The summed E-state index contributed by atoms with van der Waals surface area (Å²) in [6, 6.07) is 0.400. The van der Waals surface area contributed by atoms with Crippen molar-refractivity contribution in [2.24, 2.45) is 5.41 Å². The third-order valence-electron chi connectivity index (χ3n) is 4.16. The lowest BCUT2D eigenvalue weighted by Crippen LogP contribution is -2.25. The van der Waals surface area contributed by atoms with Gasteiger partial charge in [-0.1, -0.05) is 34.1 Å². The topological polar surface area (TPSA) is 47.0 Å². The van der Waals surface area contributed by atoms with Gasteiger partial charge < -0.3 is 10.1 Å². The Labute approximate surface area is 128 Å². The van der Waals surface area contributed by atoms with Crippen LogP contribution in [0.1, 0.15) is 76.2 Å². The number of fused-ring (bicyclic) bond motifs is 1. The van der Waals surface area contributed by atoms with Crippen molar-refractivity contribution in [3.8, 4) is 0 Å². The van der Waals surface area contributed by atoms with Crippen molar-refractivity contribution in [1.29, 1.82) is 0 Å². The number of ether oxygens (including phenoxy) is 1. The SMILES string of the molecule is CCNC1CCCCc2nc(C(OC)C(C)(C)C)ncc21. The van der Waals surface area contributed by atoms with Gasteiger partial charge in [-0.15, -0.1) is 0 Å². The maximum Gasteiger partial charge on any atom is 0.157 e. The summed E-state index contributed by atoms with van der Waals surface area (Å²) >= 11 is 0. The fraction of sp³-hybridized carbons (Fsp3) is 0.765. The number of hydrogen-bond donors (Lipinski definition) is 1. The van der Waals surface area contributed by atoms with E-state index in [1.807, 2.05) is 6.20 Å². The van der Waals surface area contributed by atoms with E-state index < -0.39 is 0 Å². The normalized spacial score (nSPS) is 20.7. The highest BCUT2D eigenvalue weighted by Gasteiger charge is 2.30. The molecule has 1 aromatic heterocycles. The van der Waals surface area contributed by atoms with Crippen molar-refractivity contribution in [2.45, 2.75) is 65.5 Å². The summed E-state index contributed by atoms with van der Waals surface area (Å²) in [5.74, 6) is 0.820. The lowest BCUT2D eigenvalue weighted by molar-refractivity contribution is 0.00845. The molecule has 21 heavy (non-hydrogen) atoms. The van der Waals surface area contributed by atoms with E-state index in [9.17, 15) is 0 Å². The summed E-state index contributed by atoms with van der Waals surface area (Å²) in [6.45, 7) is 9.63. The van der Waals surface area contributed by atoms with Gasteiger partial charge in [0.05, 0.1) is 0 Å². The zero-order valence-electron chi connectivity index (χ0n) is 14.1. The minimum Gasteiger partial charge on any atom is -0.373 e. The van der Waals surface area contributed by atoms with E-state index in [0.29, 0.717) is 6.04 Å². The Morgan fingerprint density at radius 1 is 1.38 bits per heavy atom. The Kier molecular flexibility index (Phi) is 5.33. The fourth-order valence-electron chi connectivity index (χ4n) is 3.16. The van der Waals surface area contributed by atoms with E-state index in [1.165, 1.54) is 30.5 Å². The summed E-state index contributed by atoms with van der Waals surface area (Å²) in [5, 5.41) is 3.56. The molecular weight excluding hydrogens is 262 g/mol. The first-order chi connectivity index (χ1) is 9.97. The second kappa shape index (κ2) is 6.84. The van der Waals surface area contributed by atoms with E-state index >= 15 is 0 Å². The molecule has 0 saturated heterocycles. The molecule has 1 aromatic rings. The molecule has 0 amide bonds. The quantitative estimate of drug-likeness (QED) is 0.861. The molecule has 4 nitrogen and oxygen atoms in total. The van der Waals surface area contributed by atoms with Crippen molar-refractivity contribution < 1.29 is 4.74 Å². The minimum atomic E-state index is -0.0661. The van der Waals surface area contributed by atoms with E-state index in [0.717, 1.165) is 18.8 Å². The first-order valence-electron chi connectivity index (χ1n) is 8.09. The fourth-order valence-corrected chi connectivity index (χ4v) is 3.16. The first-order valence-corrected chi connectivity index (χ1v) is 8.09. The average molecular weight is 291 g/mol. The Morgan fingerprint density at radius 3 is 2.76 bits per heavy atom. The standard InChI is InChI=1S/C17H29N3O/c1-6-18-13-9-7-8-10-14-12(13)11-19-16(20-14)15(21-5)17(2,3)4/h11,13,15,18H,6-10H2,1-5H3. The van der Waals surface area contributed by atoms with Crippen LogP contribution in [-0.4, -0.2) is 23.6 Å². The molecule has 0 fully saturated rings. The van der Waals surface area contributed by atoms with Crippen LogP contribution in [0.2, 0.25) is 0 Å². The highest BCUT2D eigenvalue weighted by atomic mass is 16.5. The molecule has 0 bridgehead atoms. The minimum absolute atomic E-state index is 0.00517. The molecule has 118 valence electrons. The van der Waals surface area contributed by atoms with Gasteiger partial charge in [-0.05, 0) is 31.2 Å². The van der Waals surface area contributed by atoms with Gasteiger partial charge in [0.25, 0.3) is 0 Å². The van der Waals surface area contributed by atoms with Gasteiger partial charge in [-0.3, -0.25) is 0 Å². The van der Waals surface area contributed by atoms with Crippen LogP contribution >= 0.6 is 0 Å². The van der Waals surface area contributed by atoms with Crippen LogP contribution in [0.4, 0.5) is 0 Å². The maximum absolute atomic E-state index is 5.66. The lowest BCUT2D eigenvalue weighted by atomic mass is 9.88. The van der Waals surface area contributed by atoms with Crippen molar-refractivity contribution in [1.82, 2.24) is 15.3 Å². The van der Waals surface area contributed by atoms with Gasteiger partial charge in [0.2, 0.25) is 0 Å². The van der Waals surface area contributed by atoms with Crippen LogP contribution in [0, 0.1) is 5.41 Å². The second-order valence-corrected chi connectivity index (χ2v) is 6.97. The van der Waals surface area contributed by atoms with Crippen LogP contribution < -0.4 is 5.32 Å². The van der Waals surface area contributed by atoms with Crippen LogP contribution in [0.15, 0.2) is 6.20 Å². The number of rotatable bonds is 4. The number of nitrogens with zero attached hydrogens (tertiary/aromatic N) is 2. The largest absolute Gasteiger partial charge is 0.373 e. The first kappa shape index (κ1) is 16.4. The molecular formula is C17H29N3O. The lowest BCUT2D eigenvalue weighted by Gasteiger charge is -2.28. The summed E-state index contributed by atoms with van der Waals surface area (Å²) in [4.78, 5) is 9.49. The van der Waals surface area contributed by atoms with Crippen molar-refractivity contribution in [3.05, 3.63) is 23.3 Å². The summed E-state index contributed by atoms with van der Waals surface area (Å²) in [7, 11) is 1.74. The summed E-state index contributed by atoms with van der Waals surface area (Å²) in [5.41, 5.74) is 2.48. The third-order valence-corrected chi connectivity index (χ3v) is 4.16. The predicted octanol–water partition coefficient (Wildman–Crippen LogP) is 3.59. The number of aromatic nitrogens is 2. The average Bonchev–Trinajstić information content (AvgIpc) is 2.61. The zero-order chi connectivity index (χ0) is 15.5. The van der Waals surface area contributed by atoms with E-state index in [4.69, 9.17) is 9.72 Å². The van der Waals surface area contributed by atoms with Crippen LogP contribution in [-0.2, 0) is 11.2 Å². The Balaban J connectivity index is 2.35. The van der Waals surface area contributed by atoms with Crippen molar-refractivity contribution in [3.63, 3.8) is 0 Å². The Bertz CT molecular complexity index is 468. The maximum atomic E-state index is 5.66. The smallest absolute Gasteiger partial charge is 0.157 e. The van der Waals surface area contributed by atoms with Gasteiger partial charge in [0.15, 0.2) is 5.82 Å². The van der Waals surface area contributed by atoms with Crippen LogP contribution in [0.3, 0.4) is 0 Å². The second-order valence-electron chi connectivity index (χ2n) is 6.97. The number of aryl methyl sites for hydroxylation is 1. The molecule has 0 aliphatic heterocycles.